The minimum atomic E-state index is 1.04. The van der Waals surface area contributed by atoms with Gasteiger partial charge in [0.2, 0.25) is 0 Å². The van der Waals surface area contributed by atoms with Crippen molar-refractivity contribution in [3.05, 3.63) is 36.0 Å². The van der Waals surface area contributed by atoms with Gasteiger partial charge < -0.3 is 9.88 Å². The van der Waals surface area contributed by atoms with E-state index in [1.807, 2.05) is 7.05 Å². The Labute approximate surface area is 97.3 Å². The molecule has 0 saturated heterocycles. The summed E-state index contributed by atoms with van der Waals surface area (Å²) in [5, 5.41) is 4.55. The summed E-state index contributed by atoms with van der Waals surface area (Å²) in [6.07, 6.45) is 4.53. The van der Waals surface area contributed by atoms with Crippen molar-refractivity contribution in [3.63, 3.8) is 0 Å². The largest absolute Gasteiger partial charge is 0.348 e. The van der Waals surface area contributed by atoms with Gasteiger partial charge in [-0.15, -0.1) is 0 Å². The summed E-state index contributed by atoms with van der Waals surface area (Å²) in [5.41, 5.74) is 2.79. The molecular formula is C14H20N2. The van der Waals surface area contributed by atoms with Crippen LogP contribution in [0.25, 0.3) is 10.9 Å². The third kappa shape index (κ3) is 2.27. The molecular weight excluding hydrogens is 196 g/mol. The van der Waals surface area contributed by atoms with E-state index in [1.54, 1.807) is 0 Å². The van der Waals surface area contributed by atoms with Gasteiger partial charge in [0.15, 0.2) is 0 Å². The second-order valence-electron chi connectivity index (χ2n) is 4.20. The Morgan fingerprint density at radius 2 is 2.12 bits per heavy atom. The molecule has 2 aromatic rings. The summed E-state index contributed by atoms with van der Waals surface area (Å²) >= 11 is 0. The van der Waals surface area contributed by atoms with Crippen molar-refractivity contribution in [1.82, 2.24) is 9.88 Å². The Bertz CT molecular complexity index is 457. The van der Waals surface area contributed by atoms with Crippen molar-refractivity contribution in [2.45, 2.75) is 26.3 Å². The average molecular weight is 216 g/mol. The van der Waals surface area contributed by atoms with Crippen molar-refractivity contribution in [3.8, 4) is 0 Å². The fourth-order valence-corrected chi connectivity index (χ4v) is 2.15. The third-order valence-corrected chi connectivity index (χ3v) is 3.07. The molecule has 0 atom stereocenters. The summed E-state index contributed by atoms with van der Waals surface area (Å²) in [7, 11) is 2.00. The van der Waals surface area contributed by atoms with Crippen LogP contribution in [-0.4, -0.2) is 18.2 Å². The maximum Gasteiger partial charge on any atom is 0.0480 e. The molecule has 0 aliphatic carbocycles. The molecule has 0 aliphatic heterocycles. The topological polar surface area (TPSA) is 17.0 Å². The van der Waals surface area contributed by atoms with E-state index in [-0.39, 0.29) is 0 Å². The van der Waals surface area contributed by atoms with Crippen LogP contribution in [0.5, 0.6) is 0 Å². The smallest absolute Gasteiger partial charge is 0.0480 e. The molecule has 2 heteroatoms. The van der Waals surface area contributed by atoms with Crippen LogP contribution in [0.4, 0.5) is 0 Å². The zero-order valence-corrected chi connectivity index (χ0v) is 10.2. The van der Waals surface area contributed by atoms with E-state index in [0.717, 1.165) is 19.5 Å². The lowest BCUT2D eigenvalue weighted by Crippen LogP contribution is -2.08. The molecule has 0 amide bonds. The highest BCUT2D eigenvalue weighted by atomic mass is 14.9. The Hall–Kier alpha value is -1.28. The van der Waals surface area contributed by atoms with Gasteiger partial charge in [-0.3, -0.25) is 0 Å². The molecule has 2 nitrogen and oxygen atoms in total. The highest BCUT2D eigenvalue weighted by molar-refractivity contribution is 5.80. The Balaban J connectivity index is 2.17. The van der Waals surface area contributed by atoms with E-state index in [1.165, 1.54) is 22.9 Å². The van der Waals surface area contributed by atoms with Crippen LogP contribution in [0.15, 0.2) is 30.5 Å². The second-order valence-corrected chi connectivity index (χ2v) is 4.20. The molecule has 0 fully saturated rings. The van der Waals surface area contributed by atoms with Crippen molar-refractivity contribution >= 4 is 10.9 Å². The summed E-state index contributed by atoms with van der Waals surface area (Å²) < 4.78 is 2.28. The maximum atomic E-state index is 3.18. The highest BCUT2D eigenvalue weighted by Gasteiger charge is 2.00. The molecule has 1 aromatic heterocycles. The number of aryl methyl sites for hydroxylation is 2. The van der Waals surface area contributed by atoms with Gasteiger partial charge in [-0.25, -0.2) is 0 Å². The summed E-state index contributed by atoms with van der Waals surface area (Å²) in [6.45, 7) is 4.32. The predicted octanol–water partition coefficient (Wildman–Crippen LogP) is 2.81. The summed E-state index contributed by atoms with van der Waals surface area (Å²) in [4.78, 5) is 0. The van der Waals surface area contributed by atoms with Crippen molar-refractivity contribution in [2.24, 2.45) is 0 Å². The number of hydrogen-bond acceptors (Lipinski definition) is 1. The summed E-state index contributed by atoms with van der Waals surface area (Å²) in [5.74, 6) is 0. The molecule has 1 aromatic carbocycles. The minimum absolute atomic E-state index is 1.04. The van der Waals surface area contributed by atoms with Crippen LogP contribution in [0.2, 0.25) is 0 Å². The number of benzene rings is 1. The monoisotopic (exact) mass is 216 g/mol. The zero-order chi connectivity index (χ0) is 11.4. The normalized spacial score (nSPS) is 11.1. The van der Waals surface area contributed by atoms with E-state index < -0.39 is 0 Å². The van der Waals surface area contributed by atoms with Gasteiger partial charge in [0, 0.05) is 18.3 Å². The van der Waals surface area contributed by atoms with Crippen LogP contribution in [0.1, 0.15) is 18.9 Å². The number of fused-ring (bicyclic) bond motifs is 1. The first-order valence-electron chi connectivity index (χ1n) is 6.07. The van der Waals surface area contributed by atoms with Gasteiger partial charge in [0.05, 0.1) is 0 Å². The zero-order valence-electron chi connectivity index (χ0n) is 10.2. The maximum absolute atomic E-state index is 3.18. The van der Waals surface area contributed by atoms with Gasteiger partial charge in [-0.05, 0) is 62.5 Å². The Morgan fingerprint density at radius 1 is 1.25 bits per heavy atom. The third-order valence-electron chi connectivity index (χ3n) is 3.07. The van der Waals surface area contributed by atoms with E-state index >= 15 is 0 Å². The lowest BCUT2D eigenvalue weighted by atomic mass is 10.1. The first-order valence-corrected chi connectivity index (χ1v) is 6.07. The molecule has 0 spiro atoms. The molecule has 86 valence electrons. The van der Waals surface area contributed by atoms with E-state index in [2.05, 4.69) is 47.3 Å². The molecule has 0 radical (unpaired) electrons. The quantitative estimate of drug-likeness (QED) is 0.760. The predicted molar refractivity (Wildman–Crippen MR) is 69.9 cm³/mol. The molecule has 1 heterocycles. The second kappa shape index (κ2) is 5.17. The van der Waals surface area contributed by atoms with E-state index in [4.69, 9.17) is 0 Å². The molecule has 0 bridgehead atoms. The van der Waals surface area contributed by atoms with Gasteiger partial charge in [0.25, 0.3) is 0 Å². The molecule has 2 rings (SSSR count). The number of nitrogens with one attached hydrogen (secondary N) is 1. The van der Waals surface area contributed by atoms with E-state index in [0.29, 0.717) is 0 Å². The van der Waals surface area contributed by atoms with E-state index in [9.17, 15) is 0 Å². The molecule has 1 N–H and O–H groups in total. The van der Waals surface area contributed by atoms with Crippen molar-refractivity contribution < 1.29 is 0 Å². The lowest BCUT2D eigenvalue weighted by Gasteiger charge is -2.04. The number of hydrogen-bond donors (Lipinski definition) is 1. The SMILES string of the molecule is CCn1ccc2cc(CCCNC)ccc21. The summed E-state index contributed by atoms with van der Waals surface area (Å²) in [6, 6.07) is 9.02. The average Bonchev–Trinajstić information content (AvgIpc) is 2.71. The van der Waals surface area contributed by atoms with Crippen LogP contribution in [0.3, 0.4) is 0 Å². The van der Waals surface area contributed by atoms with Gasteiger partial charge in [-0.2, -0.15) is 0 Å². The lowest BCUT2D eigenvalue weighted by molar-refractivity contribution is 0.725. The number of rotatable bonds is 5. The van der Waals surface area contributed by atoms with Crippen LogP contribution in [0, 0.1) is 0 Å². The van der Waals surface area contributed by atoms with Gasteiger partial charge in [-0.1, -0.05) is 6.07 Å². The van der Waals surface area contributed by atoms with Crippen LogP contribution in [-0.2, 0) is 13.0 Å². The van der Waals surface area contributed by atoms with Crippen LogP contribution >= 0.6 is 0 Å². The highest BCUT2D eigenvalue weighted by Crippen LogP contribution is 2.18. The van der Waals surface area contributed by atoms with Crippen LogP contribution < -0.4 is 5.32 Å². The number of nitrogens with zero attached hydrogens (tertiary/aromatic N) is 1. The molecule has 0 saturated carbocycles. The standard InChI is InChI=1S/C14H20N2/c1-3-16-10-8-13-11-12(5-4-9-15-2)6-7-14(13)16/h6-8,10-11,15H,3-5,9H2,1-2H3. The Morgan fingerprint density at radius 3 is 2.88 bits per heavy atom. The first kappa shape index (κ1) is 11.2. The van der Waals surface area contributed by atoms with Gasteiger partial charge >= 0.3 is 0 Å². The minimum Gasteiger partial charge on any atom is -0.348 e. The van der Waals surface area contributed by atoms with Gasteiger partial charge in [0.1, 0.15) is 0 Å². The Kier molecular flexibility index (Phi) is 3.62. The van der Waals surface area contributed by atoms with Crippen molar-refractivity contribution in [2.75, 3.05) is 13.6 Å². The molecule has 0 aliphatic rings. The fourth-order valence-electron chi connectivity index (χ4n) is 2.15. The first-order chi connectivity index (χ1) is 7.85. The van der Waals surface area contributed by atoms with Crippen molar-refractivity contribution in [1.29, 1.82) is 0 Å². The molecule has 16 heavy (non-hydrogen) atoms. The fraction of sp³-hybridized carbons (Fsp3) is 0.429. The molecule has 0 unspecified atom stereocenters. The number of aromatic nitrogens is 1.